The lowest BCUT2D eigenvalue weighted by Crippen LogP contribution is -2.30. The molecule has 0 saturated carbocycles. The van der Waals surface area contributed by atoms with Gasteiger partial charge in [-0.3, -0.25) is 14.2 Å². The van der Waals surface area contributed by atoms with E-state index in [2.05, 4.69) is 10.3 Å². The molecule has 0 aliphatic heterocycles. The van der Waals surface area contributed by atoms with E-state index >= 15 is 0 Å². The van der Waals surface area contributed by atoms with Gasteiger partial charge in [0.15, 0.2) is 0 Å². The van der Waals surface area contributed by atoms with Gasteiger partial charge in [0.2, 0.25) is 5.91 Å². The normalized spacial score (nSPS) is 11.2. The summed E-state index contributed by atoms with van der Waals surface area (Å²) in [5.74, 6) is -0.996. The second-order valence-electron chi connectivity index (χ2n) is 6.22. The molecular weight excluding hydrogens is 384 g/mol. The SMILES string of the molecule is CCc1nc2c(sc3cccc(F)c32)c(=O)n1CC(=O)Nc1cccc(F)c1. The Labute approximate surface area is 162 Å². The molecule has 2 aromatic carbocycles. The first-order valence-electron chi connectivity index (χ1n) is 8.63. The van der Waals surface area contributed by atoms with Crippen molar-refractivity contribution in [1.29, 1.82) is 0 Å². The maximum Gasteiger partial charge on any atom is 0.272 e. The molecule has 4 aromatic rings. The first-order valence-corrected chi connectivity index (χ1v) is 9.45. The Kier molecular flexibility index (Phi) is 4.64. The van der Waals surface area contributed by atoms with Crippen LogP contribution in [0.5, 0.6) is 0 Å². The fourth-order valence-corrected chi connectivity index (χ4v) is 4.22. The van der Waals surface area contributed by atoms with Crippen molar-refractivity contribution in [2.45, 2.75) is 19.9 Å². The van der Waals surface area contributed by atoms with Crippen molar-refractivity contribution in [3.63, 3.8) is 0 Å². The summed E-state index contributed by atoms with van der Waals surface area (Å²) in [6.45, 7) is 1.54. The molecule has 8 heteroatoms. The number of benzene rings is 2. The van der Waals surface area contributed by atoms with Crippen LogP contribution in [-0.4, -0.2) is 15.5 Å². The summed E-state index contributed by atoms with van der Waals surface area (Å²) in [7, 11) is 0. The summed E-state index contributed by atoms with van der Waals surface area (Å²) in [5, 5.41) is 2.90. The molecular formula is C20H15F2N3O2S. The van der Waals surface area contributed by atoms with Gasteiger partial charge in [0, 0.05) is 16.8 Å². The summed E-state index contributed by atoms with van der Waals surface area (Å²) in [4.78, 5) is 29.9. The zero-order valence-corrected chi connectivity index (χ0v) is 15.6. The third kappa shape index (κ3) is 3.16. The van der Waals surface area contributed by atoms with E-state index < -0.39 is 23.1 Å². The number of anilines is 1. The van der Waals surface area contributed by atoms with Gasteiger partial charge in [0.1, 0.15) is 28.7 Å². The second-order valence-corrected chi connectivity index (χ2v) is 7.28. The molecule has 28 heavy (non-hydrogen) atoms. The number of aromatic nitrogens is 2. The van der Waals surface area contributed by atoms with Crippen molar-refractivity contribution in [3.05, 3.63) is 70.3 Å². The number of amides is 1. The number of hydrogen-bond donors (Lipinski definition) is 1. The van der Waals surface area contributed by atoms with Gasteiger partial charge in [0.05, 0.1) is 10.9 Å². The van der Waals surface area contributed by atoms with Crippen molar-refractivity contribution in [3.8, 4) is 0 Å². The number of carbonyl (C=O) groups excluding carboxylic acids is 1. The summed E-state index contributed by atoms with van der Waals surface area (Å²) < 4.78 is 29.8. The Morgan fingerprint density at radius 1 is 1.21 bits per heavy atom. The van der Waals surface area contributed by atoms with E-state index in [4.69, 9.17) is 0 Å². The molecule has 4 rings (SSSR count). The van der Waals surface area contributed by atoms with Crippen LogP contribution in [0.4, 0.5) is 14.5 Å². The number of rotatable bonds is 4. The van der Waals surface area contributed by atoms with Crippen LogP contribution in [0.1, 0.15) is 12.7 Å². The summed E-state index contributed by atoms with van der Waals surface area (Å²) in [5.41, 5.74) is 0.229. The van der Waals surface area contributed by atoms with E-state index in [1.807, 2.05) is 0 Å². The minimum atomic E-state index is -0.476. The molecule has 142 valence electrons. The largest absolute Gasteiger partial charge is 0.324 e. The first kappa shape index (κ1) is 18.2. The molecule has 2 aromatic heterocycles. The lowest BCUT2D eigenvalue weighted by Gasteiger charge is -2.11. The minimum absolute atomic E-state index is 0.266. The van der Waals surface area contributed by atoms with E-state index in [-0.39, 0.29) is 6.54 Å². The predicted molar refractivity (Wildman–Crippen MR) is 106 cm³/mol. The number of nitrogens with one attached hydrogen (secondary N) is 1. The number of fused-ring (bicyclic) bond motifs is 3. The van der Waals surface area contributed by atoms with E-state index in [0.717, 1.165) is 11.3 Å². The van der Waals surface area contributed by atoms with Gasteiger partial charge in [-0.2, -0.15) is 0 Å². The van der Waals surface area contributed by atoms with Crippen LogP contribution in [0.25, 0.3) is 20.3 Å². The van der Waals surface area contributed by atoms with Gasteiger partial charge in [-0.1, -0.05) is 19.1 Å². The highest BCUT2D eigenvalue weighted by Crippen LogP contribution is 2.32. The van der Waals surface area contributed by atoms with E-state index in [9.17, 15) is 18.4 Å². The molecule has 0 aliphatic carbocycles. The number of aryl methyl sites for hydroxylation is 1. The standard InChI is InChI=1S/C20H15F2N3O2S/c1-2-15-24-18-17-13(22)7-4-8-14(17)28-19(18)20(27)25(15)10-16(26)23-12-6-3-5-11(21)9-12/h3-9H,2,10H2,1H3,(H,23,26). The zero-order chi connectivity index (χ0) is 19.8. The van der Waals surface area contributed by atoms with Gasteiger partial charge in [-0.05, 0) is 30.3 Å². The van der Waals surface area contributed by atoms with Crippen LogP contribution in [0.15, 0.2) is 47.3 Å². The number of hydrogen-bond acceptors (Lipinski definition) is 4. The van der Waals surface area contributed by atoms with Crippen LogP contribution in [0.3, 0.4) is 0 Å². The average Bonchev–Trinajstić information content (AvgIpc) is 3.04. The molecule has 0 bridgehead atoms. The molecule has 0 aliphatic rings. The Morgan fingerprint density at radius 2 is 2.00 bits per heavy atom. The summed E-state index contributed by atoms with van der Waals surface area (Å²) in [6, 6.07) is 10.1. The van der Waals surface area contributed by atoms with Crippen LogP contribution < -0.4 is 10.9 Å². The molecule has 5 nitrogen and oxygen atoms in total. The van der Waals surface area contributed by atoms with Crippen LogP contribution in [0.2, 0.25) is 0 Å². The lowest BCUT2D eigenvalue weighted by atomic mass is 10.2. The van der Waals surface area contributed by atoms with Gasteiger partial charge < -0.3 is 5.32 Å². The number of nitrogens with zero attached hydrogens (tertiary/aromatic N) is 2. The maximum atomic E-state index is 14.3. The van der Waals surface area contributed by atoms with Gasteiger partial charge in [0.25, 0.3) is 5.56 Å². The lowest BCUT2D eigenvalue weighted by molar-refractivity contribution is -0.116. The molecule has 0 spiro atoms. The Bertz CT molecular complexity index is 1280. The number of carbonyl (C=O) groups is 1. The maximum absolute atomic E-state index is 14.3. The second kappa shape index (κ2) is 7.12. The molecule has 0 radical (unpaired) electrons. The fraction of sp³-hybridized carbons (Fsp3) is 0.150. The zero-order valence-electron chi connectivity index (χ0n) is 14.8. The van der Waals surface area contributed by atoms with Crippen molar-refractivity contribution in [2.75, 3.05) is 5.32 Å². The number of halogens is 2. The van der Waals surface area contributed by atoms with Crippen molar-refractivity contribution < 1.29 is 13.6 Å². The monoisotopic (exact) mass is 399 g/mol. The Balaban J connectivity index is 1.77. The average molecular weight is 399 g/mol. The molecule has 0 atom stereocenters. The van der Waals surface area contributed by atoms with Gasteiger partial charge in [-0.15, -0.1) is 11.3 Å². The van der Waals surface area contributed by atoms with Gasteiger partial charge >= 0.3 is 0 Å². The number of thiophene rings is 1. The molecule has 0 fully saturated rings. The predicted octanol–water partition coefficient (Wildman–Crippen LogP) is 4.09. The third-order valence-electron chi connectivity index (χ3n) is 4.36. The highest BCUT2D eigenvalue weighted by Gasteiger charge is 2.19. The van der Waals surface area contributed by atoms with Crippen LogP contribution in [-0.2, 0) is 17.8 Å². The van der Waals surface area contributed by atoms with Gasteiger partial charge in [-0.25, -0.2) is 13.8 Å². The summed E-state index contributed by atoms with van der Waals surface area (Å²) >= 11 is 1.15. The van der Waals surface area contributed by atoms with E-state index in [0.29, 0.717) is 38.2 Å². The van der Waals surface area contributed by atoms with Crippen LogP contribution in [0, 0.1) is 11.6 Å². The topological polar surface area (TPSA) is 64.0 Å². The van der Waals surface area contributed by atoms with Crippen molar-refractivity contribution in [2.24, 2.45) is 0 Å². The molecule has 1 N–H and O–H groups in total. The highest BCUT2D eigenvalue weighted by atomic mass is 32.1. The third-order valence-corrected chi connectivity index (χ3v) is 5.49. The Hall–Kier alpha value is -3.13. The highest BCUT2D eigenvalue weighted by molar-refractivity contribution is 7.25. The first-order chi connectivity index (χ1) is 13.5. The molecule has 2 heterocycles. The smallest absolute Gasteiger partial charge is 0.272 e. The Morgan fingerprint density at radius 3 is 2.75 bits per heavy atom. The fourth-order valence-electron chi connectivity index (χ4n) is 3.12. The van der Waals surface area contributed by atoms with Crippen LogP contribution >= 0.6 is 11.3 Å². The summed E-state index contributed by atoms with van der Waals surface area (Å²) in [6.07, 6.45) is 0.393. The molecule has 0 saturated heterocycles. The molecule has 1 amide bonds. The van der Waals surface area contributed by atoms with Crippen molar-refractivity contribution in [1.82, 2.24) is 9.55 Å². The van der Waals surface area contributed by atoms with E-state index in [1.54, 1.807) is 25.1 Å². The van der Waals surface area contributed by atoms with E-state index in [1.165, 1.54) is 28.8 Å². The molecule has 0 unspecified atom stereocenters. The quantitative estimate of drug-likeness (QED) is 0.562. The minimum Gasteiger partial charge on any atom is -0.324 e. The van der Waals surface area contributed by atoms with Crippen molar-refractivity contribution >= 4 is 43.2 Å².